The number of thioether (sulfide) groups is 2. The maximum Gasteiger partial charge on any atom is 0.380 e. The van der Waals surface area contributed by atoms with E-state index in [2.05, 4.69) is 23.0 Å². The topological polar surface area (TPSA) is 9.86 Å². The van der Waals surface area contributed by atoms with E-state index in [1.165, 1.54) is 12.1 Å². The SMILES string of the molecule is CCn1c2ccccc2c2cc(-c3ccc(SC)c(C4=C(c5cc(-c6ccc7c(c6)c6ccccc6n7CC)ccc5SC)C(F)(F)C(F)(F)C4(F)F)c3)ccc21. The van der Waals surface area contributed by atoms with E-state index in [-0.39, 0.29) is 20.9 Å². The minimum atomic E-state index is -5.70. The Kier molecular flexibility index (Phi) is 8.90. The highest BCUT2D eigenvalue weighted by Gasteiger charge is 2.80. The van der Waals surface area contributed by atoms with E-state index < -0.39 is 28.9 Å². The first-order chi connectivity index (χ1) is 27.4. The zero-order chi connectivity index (χ0) is 40.0. The molecule has 0 spiro atoms. The average Bonchev–Trinajstić information content (AvgIpc) is 3.76. The molecule has 0 saturated heterocycles. The third-order valence-electron chi connectivity index (χ3n) is 11.4. The summed E-state index contributed by atoms with van der Waals surface area (Å²) in [5.74, 6) is -16.1. The van der Waals surface area contributed by atoms with Gasteiger partial charge in [0.05, 0.1) is 0 Å². The molecular formula is C47H36F6N2S2. The summed E-state index contributed by atoms with van der Waals surface area (Å²) in [7, 11) is 0. The van der Waals surface area contributed by atoms with Crippen LogP contribution in [0, 0.1) is 0 Å². The molecule has 0 amide bonds. The molecule has 9 rings (SSSR count). The second-order valence-corrected chi connectivity index (χ2v) is 16.0. The highest BCUT2D eigenvalue weighted by Crippen LogP contribution is 2.66. The van der Waals surface area contributed by atoms with Gasteiger partial charge >= 0.3 is 17.8 Å². The van der Waals surface area contributed by atoms with Crippen molar-refractivity contribution in [1.82, 2.24) is 9.13 Å². The van der Waals surface area contributed by atoms with Gasteiger partial charge in [-0.15, -0.1) is 23.5 Å². The van der Waals surface area contributed by atoms with Crippen molar-refractivity contribution in [3.8, 4) is 22.3 Å². The molecule has 0 N–H and O–H groups in total. The van der Waals surface area contributed by atoms with Crippen LogP contribution in [-0.2, 0) is 13.1 Å². The van der Waals surface area contributed by atoms with E-state index in [0.717, 1.165) is 80.2 Å². The lowest BCUT2D eigenvalue weighted by Gasteiger charge is -2.26. The predicted octanol–water partition coefficient (Wildman–Crippen LogP) is 14.6. The van der Waals surface area contributed by atoms with Crippen LogP contribution in [0.1, 0.15) is 25.0 Å². The summed E-state index contributed by atoms with van der Waals surface area (Å²) in [5.41, 5.74) is 2.79. The molecule has 1 aliphatic rings. The summed E-state index contributed by atoms with van der Waals surface area (Å²) < 4.78 is 102. The van der Waals surface area contributed by atoms with Crippen LogP contribution in [-0.4, -0.2) is 39.4 Å². The Morgan fingerprint density at radius 2 is 0.789 bits per heavy atom. The van der Waals surface area contributed by atoms with Gasteiger partial charge in [-0.2, -0.15) is 26.3 Å². The van der Waals surface area contributed by atoms with Crippen LogP contribution >= 0.6 is 23.5 Å². The predicted molar refractivity (Wildman–Crippen MR) is 226 cm³/mol. The molecule has 8 aromatic rings. The van der Waals surface area contributed by atoms with Crippen molar-refractivity contribution in [3.63, 3.8) is 0 Å². The van der Waals surface area contributed by atoms with Gasteiger partial charge < -0.3 is 9.13 Å². The highest BCUT2D eigenvalue weighted by atomic mass is 32.2. The summed E-state index contributed by atoms with van der Waals surface area (Å²) in [6, 6.07) is 36.6. The lowest BCUT2D eigenvalue weighted by atomic mass is 9.90. The average molecular weight is 807 g/mol. The minimum Gasteiger partial charge on any atom is -0.341 e. The van der Waals surface area contributed by atoms with Gasteiger partial charge in [0.15, 0.2) is 0 Å². The van der Waals surface area contributed by atoms with Crippen LogP contribution in [0.2, 0.25) is 0 Å². The highest BCUT2D eigenvalue weighted by molar-refractivity contribution is 7.99. The molecule has 10 heteroatoms. The first-order valence-corrected chi connectivity index (χ1v) is 21.1. The van der Waals surface area contributed by atoms with Crippen molar-refractivity contribution >= 4 is 78.3 Å². The Morgan fingerprint density at radius 3 is 1.18 bits per heavy atom. The molecule has 288 valence electrons. The van der Waals surface area contributed by atoms with Gasteiger partial charge in [0.25, 0.3) is 0 Å². The Labute approximate surface area is 334 Å². The fourth-order valence-corrected chi connectivity index (χ4v) is 9.92. The number of benzene rings is 6. The Hall–Kier alpha value is -5.06. The number of nitrogens with zero attached hydrogens (tertiary/aromatic N) is 2. The normalized spacial score (nSPS) is 16.2. The van der Waals surface area contributed by atoms with E-state index in [1.807, 2.05) is 84.9 Å². The quantitative estimate of drug-likeness (QED) is 0.112. The van der Waals surface area contributed by atoms with E-state index in [0.29, 0.717) is 22.3 Å². The lowest BCUT2D eigenvalue weighted by molar-refractivity contribution is -0.254. The van der Waals surface area contributed by atoms with Gasteiger partial charge in [0.2, 0.25) is 0 Å². The number of hydrogen-bond donors (Lipinski definition) is 0. The van der Waals surface area contributed by atoms with E-state index in [4.69, 9.17) is 0 Å². The number of halogens is 6. The standard InChI is InChI=1S/C47H36F6N2S2/c1-5-54-37-13-9-7-11-31(37)33-23-27(15-19-39(33)54)29-17-21-41(56-3)35(25-29)43-44(46(50,51)47(52,53)45(43,48)49)36-26-30(18-22-42(36)57-4)28-16-20-40-34(24-28)32-12-8-10-14-38(32)55(40)6-2/h7-26H,5-6H2,1-4H3. The molecular weight excluding hydrogens is 771 g/mol. The molecule has 2 heterocycles. The second kappa shape index (κ2) is 13.5. The van der Waals surface area contributed by atoms with E-state index in [9.17, 15) is 0 Å². The third kappa shape index (κ3) is 5.36. The smallest absolute Gasteiger partial charge is 0.341 e. The van der Waals surface area contributed by atoms with Crippen molar-refractivity contribution in [2.24, 2.45) is 0 Å². The van der Waals surface area contributed by atoms with E-state index in [1.54, 1.807) is 36.8 Å². The first-order valence-electron chi connectivity index (χ1n) is 18.7. The fraction of sp³-hybridized carbons (Fsp3) is 0.191. The summed E-state index contributed by atoms with van der Waals surface area (Å²) >= 11 is 2.09. The van der Waals surface area contributed by atoms with Crippen LogP contribution in [0.5, 0.6) is 0 Å². The zero-order valence-electron chi connectivity index (χ0n) is 31.4. The lowest BCUT2D eigenvalue weighted by Crippen LogP contribution is -2.49. The monoisotopic (exact) mass is 806 g/mol. The van der Waals surface area contributed by atoms with Crippen LogP contribution in [0.25, 0.3) is 77.0 Å². The molecule has 0 aliphatic heterocycles. The third-order valence-corrected chi connectivity index (χ3v) is 13.0. The molecule has 0 bridgehead atoms. The van der Waals surface area contributed by atoms with Crippen LogP contribution in [0.4, 0.5) is 26.3 Å². The number of aryl methyl sites for hydroxylation is 2. The van der Waals surface area contributed by atoms with Crippen LogP contribution in [0.3, 0.4) is 0 Å². The van der Waals surface area contributed by atoms with Gasteiger partial charge in [-0.25, -0.2) is 0 Å². The van der Waals surface area contributed by atoms with Crippen molar-refractivity contribution in [2.75, 3.05) is 12.5 Å². The maximum atomic E-state index is 16.5. The number of rotatable bonds is 8. The summed E-state index contributed by atoms with van der Waals surface area (Å²) in [6.07, 6.45) is 3.24. The molecule has 0 fully saturated rings. The zero-order valence-corrected chi connectivity index (χ0v) is 33.1. The molecule has 6 aromatic carbocycles. The number of para-hydroxylation sites is 2. The molecule has 57 heavy (non-hydrogen) atoms. The van der Waals surface area contributed by atoms with Gasteiger partial charge in [-0.3, -0.25) is 0 Å². The van der Waals surface area contributed by atoms with Crippen molar-refractivity contribution in [1.29, 1.82) is 0 Å². The number of hydrogen-bond acceptors (Lipinski definition) is 2. The maximum absolute atomic E-state index is 16.5. The van der Waals surface area contributed by atoms with E-state index >= 15 is 26.3 Å². The van der Waals surface area contributed by atoms with Gasteiger partial charge in [-0.1, -0.05) is 60.7 Å². The van der Waals surface area contributed by atoms with Crippen molar-refractivity contribution in [3.05, 3.63) is 132 Å². The molecule has 0 saturated carbocycles. The van der Waals surface area contributed by atoms with Gasteiger partial charge in [0, 0.05) is 77.6 Å². The van der Waals surface area contributed by atoms with Crippen LogP contribution < -0.4 is 0 Å². The molecule has 2 aromatic heterocycles. The molecule has 1 aliphatic carbocycles. The Bertz CT molecular complexity index is 2760. The largest absolute Gasteiger partial charge is 0.380 e. The summed E-state index contributed by atoms with van der Waals surface area (Å²) in [4.78, 5) is 0.366. The van der Waals surface area contributed by atoms with Crippen LogP contribution in [0.15, 0.2) is 131 Å². The summed E-state index contributed by atoms with van der Waals surface area (Å²) in [5, 5.41) is 3.87. The molecule has 2 nitrogen and oxygen atoms in total. The van der Waals surface area contributed by atoms with Crippen molar-refractivity contribution in [2.45, 2.75) is 54.5 Å². The molecule has 0 unspecified atom stereocenters. The minimum absolute atomic E-state index is 0.183. The number of fused-ring (bicyclic) bond motifs is 6. The Balaban J connectivity index is 1.27. The number of allylic oxidation sites excluding steroid dienone is 2. The molecule has 0 radical (unpaired) electrons. The fourth-order valence-electron chi connectivity index (χ4n) is 8.75. The summed E-state index contributed by atoms with van der Waals surface area (Å²) in [6.45, 7) is 5.55. The first kappa shape index (κ1) is 37.5. The number of alkyl halides is 6. The van der Waals surface area contributed by atoms with Gasteiger partial charge in [-0.05, 0) is 120 Å². The van der Waals surface area contributed by atoms with Gasteiger partial charge in [0.1, 0.15) is 0 Å². The Morgan fingerprint density at radius 1 is 0.439 bits per heavy atom. The second-order valence-electron chi connectivity index (χ2n) is 14.3. The van der Waals surface area contributed by atoms with Crippen molar-refractivity contribution < 1.29 is 26.3 Å². The number of aromatic nitrogens is 2. The molecule has 0 atom stereocenters.